The predicted octanol–water partition coefficient (Wildman–Crippen LogP) is 0.596. The van der Waals surface area contributed by atoms with Crippen LogP contribution >= 0.6 is 0 Å². The van der Waals surface area contributed by atoms with E-state index in [4.69, 9.17) is 15.2 Å². The number of hydrogen-bond donors (Lipinski definition) is 1. The van der Waals surface area contributed by atoms with Crippen LogP contribution in [0.15, 0.2) is 18.3 Å². The molecule has 5 heteroatoms. The van der Waals surface area contributed by atoms with E-state index in [9.17, 15) is 4.79 Å². The molecule has 82 valence electrons. The van der Waals surface area contributed by atoms with Gasteiger partial charge in [0.15, 0.2) is 0 Å². The van der Waals surface area contributed by atoms with E-state index >= 15 is 0 Å². The molecule has 5 nitrogen and oxygen atoms in total. The highest BCUT2D eigenvalue weighted by Gasteiger charge is 2.06. The minimum absolute atomic E-state index is 0.351. The highest BCUT2D eigenvalue weighted by Crippen LogP contribution is 2.08. The summed E-state index contributed by atoms with van der Waals surface area (Å²) in [5, 5.41) is 0. The number of aromatic nitrogens is 1. The fourth-order valence-electron chi connectivity index (χ4n) is 0.964. The number of pyridine rings is 1. The smallest absolute Gasteiger partial charge is 0.339 e. The maximum absolute atomic E-state index is 11.2. The van der Waals surface area contributed by atoms with Gasteiger partial charge < -0.3 is 15.2 Å². The van der Waals surface area contributed by atoms with Crippen LogP contribution < -0.4 is 10.5 Å². The van der Waals surface area contributed by atoms with Crippen LogP contribution in [0, 0.1) is 0 Å². The van der Waals surface area contributed by atoms with Crippen LogP contribution in [0.3, 0.4) is 0 Å². The second-order valence-electron chi connectivity index (χ2n) is 2.74. The molecular weight excluding hydrogens is 196 g/mol. The topological polar surface area (TPSA) is 74.4 Å². The Hall–Kier alpha value is -1.62. The molecule has 0 aliphatic heterocycles. The van der Waals surface area contributed by atoms with E-state index in [2.05, 4.69) is 4.98 Å². The number of carbonyl (C=O) groups is 1. The molecule has 15 heavy (non-hydrogen) atoms. The third-order valence-electron chi connectivity index (χ3n) is 1.62. The average Bonchev–Trinajstić information content (AvgIpc) is 2.27. The van der Waals surface area contributed by atoms with Crippen LogP contribution in [0.5, 0.6) is 5.88 Å². The first-order valence-electron chi connectivity index (χ1n) is 4.74. The molecule has 0 aliphatic rings. The number of nitrogens with zero attached hydrogens (tertiary/aromatic N) is 1. The highest BCUT2D eigenvalue weighted by molar-refractivity contribution is 5.89. The van der Waals surface area contributed by atoms with Gasteiger partial charge in [-0.3, -0.25) is 0 Å². The van der Waals surface area contributed by atoms with Crippen LogP contribution in [0.1, 0.15) is 17.3 Å². The summed E-state index contributed by atoms with van der Waals surface area (Å²) in [5.74, 6) is 0.0730. The zero-order valence-corrected chi connectivity index (χ0v) is 8.60. The van der Waals surface area contributed by atoms with Gasteiger partial charge in [-0.25, -0.2) is 9.78 Å². The van der Waals surface area contributed by atoms with E-state index in [1.54, 1.807) is 19.1 Å². The van der Waals surface area contributed by atoms with Crippen molar-refractivity contribution in [1.82, 2.24) is 4.98 Å². The molecule has 0 aliphatic carbocycles. The minimum atomic E-state index is -0.379. The first-order valence-corrected chi connectivity index (χ1v) is 4.74. The lowest BCUT2D eigenvalue weighted by Gasteiger charge is -2.04. The van der Waals surface area contributed by atoms with E-state index in [-0.39, 0.29) is 5.97 Å². The molecular formula is C10H14N2O3. The number of rotatable bonds is 5. The van der Waals surface area contributed by atoms with E-state index in [0.29, 0.717) is 31.2 Å². The Kier molecular flexibility index (Phi) is 4.56. The van der Waals surface area contributed by atoms with E-state index < -0.39 is 0 Å². The van der Waals surface area contributed by atoms with Gasteiger partial charge in [0.05, 0.1) is 12.2 Å². The predicted molar refractivity (Wildman–Crippen MR) is 54.7 cm³/mol. The summed E-state index contributed by atoms with van der Waals surface area (Å²) in [6.45, 7) is 2.95. The molecule has 1 heterocycles. The lowest BCUT2D eigenvalue weighted by atomic mass is 10.3. The molecule has 2 N–H and O–H groups in total. The summed E-state index contributed by atoms with van der Waals surface area (Å²) < 4.78 is 9.97. The molecule has 0 aromatic carbocycles. The Balaban J connectivity index is 2.59. The number of carbonyl (C=O) groups excluding carboxylic acids is 1. The van der Waals surface area contributed by atoms with Crippen molar-refractivity contribution in [2.24, 2.45) is 5.73 Å². The molecule has 0 spiro atoms. The van der Waals surface area contributed by atoms with Gasteiger partial charge in [0.1, 0.15) is 6.61 Å². The lowest BCUT2D eigenvalue weighted by Crippen LogP contribution is -2.11. The third kappa shape index (κ3) is 3.55. The van der Waals surface area contributed by atoms with Crippen molar-refractivity contribution in [2.75, 3.05) is 19.8 Å². The summed E-state index contributed by atoms with van der Waals surface area (Å²) in [5.41, 5.74) is 5.68. The van der Waals surface area contributed by atoms with E-state index in [1.807, 2.05) is 0 Å². The zero-order valence-electron chi connectivity index (χ0n) is 8.60. The monoisotopic (exact) mass is 210 g/mol. The Bertz CT molecular complexity index is 311. The molecule has 1 rings (SSSR count). The van der Waals surface area contributed by atoms with Crippen molar-refractivity contribution in [1.29, 1.82) is 0 Å². The Labute approximate surface area is 88.2 Å². The molecule has 0 saturated carbocycles. The summed E-state index contributed by atoms with van der Waals surface area (Å²) in [6, 6.07) is 3.22. The van der Waals surface area contributed by atoms with Crippen molar-refractivity contribution < 1.29 is 14.3 Å². The van der Waals surface area contributed by atoms with Crippen LogP contribution in [0.4, 0.5) is 0 Å². The van der Waals surface area contributed by atoms with Crippen molar-refractivity contribution in [3.8, 4) is 5.88 Å². The van der Waals surface area contributed by atoms with Crippen LogP contribution in [0.25, 0.3) is 0 Å². The van der Waals surface area contributed by atoms with Crippen LogP contribution in [-0.4, -0.2) is 30.7 Å². The number of ether oxygens (including phenoxy) is 2. The molecule has 0 fully saturated rings. The number of nitrogens with two attached hydrogens (primary N) is 1. The molecule has 1 aromatic heterocycles. The molecule has 0 atom stereocenters. The van der Waals surface area contributed by atoms with Crippen molar-refractivity contribution in [2.45, 2.75) is 6.92 Å². The number of hydrogen-bond acceptors (Lipinski definition) is 5. The van der Waals surface area contributed by atoms with Crippen LogP contribution in [0.2, 0.25) is 0 Å². The first kappa shape index (κ1) is 11.5. The Morgan fingerprint density at radius 3 is 2.87 bits per heavy atom. The molecule has 0 bridgehead atoms. The first-order chi connectivity index (χ1) is 7.27. The fourth-order valence-corrected chi connectivity index (χ4v) is 0.964. The molecule has 1 aromatic rings. The second kappa shape index (κ2) is 5.98. The Morgan fingerprint density at radius 1 is 1.53 bits per heavy atom. The minimum Gasteiger partial charge on any atom is -0.476 e. The third-order valence-corrected chi connectivity index (χ3v) is 1.62. The van der Waals surface area contributed by atoms with Crippen molar-refractivity contribution in [3.63, 3.8) is 0 Å². The summed E-state index contributed by atoms with van der Waals surface area (Å²) in [6.07, 6.45) is 1.42. The zero-order chi connectivity index (χ0) is 11.1. The SMILES string of the molecule is CCOC(=O)c1ccc(OCCN)nc1. The maximum Gasteiger partial charge on any atom is 0.339 e. The summed E-state index contributed by atoms with van der Waals surface area (Å²) in [7, 11) is 0. The maximum atomic E-state index is 11.2. The average molecular weight is 210 g/mol. The molecule has 0 unspecified atom stereocenters. The molecule has 0 amide bonds. The quantitative estimate of drug-likeness (QED) is 0.720. The molecule has 0 saturated heterocycles. The van der Waals surface area contributed by atoms with E-state index in [1.165, 1.54) is 6.20 Å². The van der Waals surface area contributed by atoms with E-state index in [0.717, 1.165) is 0 Å². The normalized spacial score (nSPS) is 9.73. The molecule has 0 radical (unpaired) electrons. The van der Waals surface area contributed by atoms with Gasteiger partial charge in [-0.1, -0.05) is 0 Å². The van der Waals surface area contributed by atoms with Gasteiger partial charge in [-0.05, 0) is 13.0 Å². The highest BCUT2D eigenvalue weighted by atomic mass is 16.5. The summed E-state index contributed by atoms with van der Waals surface area (Å²) >= 11 is 0. The second-order valence-corrected chi connectivity index (χ2v) is 2.74. The fraction of sp³-hybridized carbons (Fsp3) is 0.400. The van der Waals surface area contributed by atoms with Crippen LogP contribution in [-0.2, 0) is 4.74 Å². The van der Waals surface area contributed by atoms with Gasteiger partial charge in [0, 0.05) is 18.8 Å². The van der Waals surface area contributed by atoms with Gasteiger partial charge in [-0.2, -0.15) is 0 Å². The van der Waals surface area contributed by atoms with Crippen molar-refractivity contribution in [3.05, 3.63) is 23.9 Å². The largest absolute Gasteiger partial charge is 0.476 e. The number of esters is 1. The van der Waals surface area contributed by atoms with Gasteiger partial charge >= 0.3 is 5.97 Å². The Morgan fingerprint density at radius 2 is 2.33 bits per heavy atom. The summed E-state index contributed by atoms with van der Waals surface area (Å²) in [4.78, 5) is 15.2. The lowest BCUT2D eigenvalue weighted by molar-refractivity contribution is 0.0526. The van der Waals surface area contributed by atoms with Crippen molar-refractivity contribution >= 4 is 5.97 Å². The van der Waals surface area contributed by atoms with Gasteiger partial charge in [0.25, 0.3) is 0 Å². The standard InChI is InChI=1S/C10H14N2O3/c1-2-14-10(13)8-3-4-9(12-7-8)15-6-5-11/h3-4,7H,2,5-6,11H2,1H3. The van der Waals surface area contributed by atoms with Gasteiger partial charge in [-0.15, -0.1) is 0 Å². The van der Waals surface area contributed by atoms with Gasteiger partial charge in [0.2, 0.25) is 5.88 Å².